The summed E-state index contributed by atoms with van der Waals surface area (Å²) in [5, 5.41) is 22.5. The molecule has 2 nitrogen and oxygen atoms in total. The number of nitrogens with zero attached hydrogens (tertiary/aromatic N) is 2. The zero-order valence-corrected chi connectivity index (χ0v) is 20.3. The minimum Gasteiger partial charge on any atom is -0.814 e. The van der Waals surface area contributed by atoms with Crippen molar-refractivity contribution in [2.45, 2.75) is 13.8 Å². The van der Waals surface area contributed by atoms with Crippen LogP contribution < -0.4 is 10.6 Å². The Morgan fingerprint density at radius 2 is 0.897 bits per heavy atom. The van der Waals surface area contributed by atoms with Crippen LogP contribution in [-0.2, 0) is 20.4 Å². The second-order valence-corrected chi connectivity index (χ2v) is 7.26. The molecule has 2 atom stereocenters. The third-order valence-corrected chi connectivity index (χ3v) is 5.13. The smallest absolute Gasteiger partial charge is 0.814 e. The van der Waals surface area contributed by atoms with E-state index < -0.39 is 0 Å². The van der Waals surface area contributed by atoms with Gasteiger partial charge < -0.3 is 10.8 Å². The molecule has 0 aliphatic rings. The molecule has 0 aromatic heterocycles. The fourth-order valence-corrected chi connectivity index (χ4v) is 3.93. The predicted octanol–water partition coefficient (Wildman–Crippen LogP) is 5.95. The molecule has 0 spiro atoms. The van der Waals surface area contributed by atoms with Crippen LogP contribution in [-0.4, -0.2) is 12.4 Å². The van der Waals surface area contributed by atoms with Crippen molar-refractivity contribution in [2.75, 3.05) is 0 Å². The quantitative estimate of drug-likeness (QED) is 0.173. The fraction of sp³-hybridized carbons (Fsp3) is 0.0833. The minimum absolute atomic E-state index is 0. The number of hydrogen-bond acceptors (Lipinski definition) is 0. The van der Waals surface area contributed by atoms with Crippen LogP contribution in [0.2, 0.25) is 0 Å². The van der Waals surface area contributed by atoms with E-state index in [1.165, 1.54) is 43.3 Å². The van der Waals surface area contributed by atoms with Gasteiger partial charge in [0.2, 0.25) is 0 Å². The Morgan fingerprint density at radius 1 is 0.586 bits per heavy atom. The molecule has 0 aliphatic heterocycles. The van der Waals surface area contributed by atoms with Gasteiger partial charge in [-0.3, -0.25) is 0 Å². The van der Waals surface area contributed by atoms with Gasteiger partial charge in [-0.25, -0.2) is 12.4 Å². The van der Waals surface area contributed by atoms with Gasteiger partial charge in [0.25, 0.3) is 0 Å². The fourth-order valence-electron chi connectivity index (χ4n) is 3.13. The van der Waals surface area contributed by atoms with Crippen LogP contribution in [0.4, 0.5) is 0 Å². The van der Waals surface area contributed by atoms with Crippen molar-refractivity contribution in [3.63, 3.8) is 0 Å². The minimum atomic E-state index is 0. The van der Waals surface area contributed by atoms with Gasteiger partial charge in [0, 0.05) is 0 Å². The first kappa shape index (κ1) is 25.3. The summed E-state index contributed by atoms with van der Waals surface area (Å²) in [6, 6.07) is 26.0. The molecule has 0 aliphatic carbocycles. The maximum absolute atomic E-state index is 7.44. The molecular weight excluding hydrogens is 485 g/mol. The van der Waals surface area contributed by atoms with Crippen LogP contribution in [0.25, 0.3) is 43.5 Å². The van der Waals surface area contributed by atoms with Crippen LogP contribution in [0, 0.1) is 0 Å². The zero-order valence-electron chi connectivity index (χ0n) is 16.4. The third-order valence-electron chi connectivity index (χ3n) is 4.17. The van der Waals surface area contributed by atoms with E-state index in [0.29, 0.717) is 0 Å². The van der Waals surface area contributed by atoms with Gasteiger partial charge in [0.1, 0.15) is 0 Å². The average molecular weight is 509 g/mol. The van der Waals surface area contributed by atoms with Gasteiger partial charge in [-0.15, -0.1) is 18.5 Å². The maximum Gasteiger partial charge on any atom is 2.00 e. The Balaban J connectivity index is 0.000000540. The Kier molecular flexibility index (Phi) is 11.1. The molecule has 29 heavy (non-hydrogen) atoms. The van der Waals surface area contributed by atoms with E-state index >= 15 is 0 Å². The first-order valence-electron chi connectivity index (χ1n) is 8.97. The van der Waals surface area contributed by atoms with E-state index in [1.807, 2.05) is 0 Å². The summed E-state index contributed by atoms with van der Waals surface area (Å²) in [5.41, 5.74) is 2.62. The van der Waals surface area contributed by atoms with Crippen LogP contribution in [0.15, 0.2) is 72.8 Å². The first-order valence-corrected chi connectivity index (χ1v) is 10.1. The molecule has 2 unspecified atom stereocenters. The van der Waals surface area contributed by atoms with Crippen molar-refractivity contribution in [1.29, 1.82) is 0 Å². The Morgan fingerprint density at radius 3 is 1.24 bits per heavy atom. The van der Waals surface area contributed by atoms with Crippen molar-refractivity contribution < 1.29 is 20.4 Å². The van der Waals surface area contributed by atoms with E-state index in [9.17, 15) is 0 Å². The molecule has 5 heteroatoms. The molecule has 0 fully saturated rings. The molecule has 0 saturated heterocycles. The van der Waals surface area contributed by atoms with Crippen molar-refractivity contribution in [3.05, 3.63) is 83.6 Å². The number of benzene rings is 4. The van der Waals surface area contributed by atoms with Crippen molar-refractivity contribution in [2.24, 2.45) is 0 Å². The predicted molar refractivity (Wildman–Crippen MR) is 136 cm³/mol. The molecule has 4 aromatic rings. The Hall–Kier alpha value is -1.74. The summed E-state index contributed by atoms with van der Waals surface area (Å²) in [5.74, 6) is 0. The molecule has 150 valence electrons. The second kappa shape index (κ2) is 12.7. The number of fused-ring (bicyclic) bond motifs is 2. The summed E-state index contributed by atoms with van der Waals surface area (Å²) < 4.78 is 0. The Labute approximate surface area is 191 Å². The van der Waals surface area contributed by atoms with Gasteiger partial charge in [-0.2, -0.15) is 0 Å². The van der Waals surface area contributed by atoms with Crippen LogP contribution in [0.3, 0.4) is 0 Å². The summed E-state index contributed by atoms with van der Waals surface area (Å²) in [7, 11) is 5.79. The summed E-state index contributed by atoms with van der Waals surface area (Å²) in [6.07, 6.45) is 2.00. The van der Waals surface area contributed by atoms with Gasteiger partial charge in [-0.1, -0.05) is 86.6 Å². The average Bonchev–Trinajstić information content (AvgIpc) is 2.70. The molecule has 0 amide bonds. The summed E-state index contributed by atoms with van der Waals surface area (Å²) >= 11 is 0. The van der Waals surface area contributed by atoms with Gasteiger partial charge in [-0.05, 0) is 43.3 Å². The number of rotatable bonds is 1. The molecule has 0 saturated carbocycles. The third kappa shape index (κ3) is 6.12. The largest absolute Gasteiger partial charge is 2.00 e. The number of hydrogen-bond donors (Lipinski definition) is 0. The normalized spacial score (nSPS) is 9.38. The van der Waals surface area contributed by atoms with E-state index in [1.54, 1.807) is 13.8 Å². The second-order valence-electron chi connectivity index (χ2n) is 6.02. The molecular formula is C24H24N2P2Pd. The monoisotopic (exact) mass is 508 g/mol. The molecule has 0 N–H and O–H groups in total. The zero-order chi connectivity index (χ0) is 20.5. The standard InChI is InChI=1S/C20H16P2.2C2H4N.Pd/c21-17-11-9-13-5-1-3-7-15(13)19(17)20-16-8-4-2-6-14(16)10-12-18(20)22;2*1-2-3;/h1-12H,21-22H2;2*2H,1H3;/q;2*-1;+2. The van der Waals surface area contributed by atoms with Crippen molar-refractivity contribution in [3.8, 4) is 11.1 Å². The Bertz CT molecular complexity index is 1020. The van der Waals surface area contributed by atoms with Gasteiger partial charge in [0.05, 0.1) is 0 Å². The van der Waals surface area contributed by atoms with Crippen molar-refractivity contribution >= 4 is 63.1 Å². The summed E-state index contributed by atoms with van der Waals surface area (Å²) in [4.78, 5) is 0. The van der Waals surface area contributed by atoms with E-state index in [2.05, 4.69) is 91.3 Å². The van der Waals surface area contributed by atoms with E-state index in [-0.39, 0.29) is 20.4 Å². The first-order chi connectivity index (χ1) is 13.6. The van der Waals surface area contributed by atoms with E-state index in [4.69, 9.17) is 10.8 Å². The van der Waals surface area contributed by atoms with Gasteiger partial charge in [0.15, 0.2) is 0 Å². The van der Waals surface area contributed by atoms with Crippen LogP contribution in [0.1, 0.15) is 13.8 Å². The molecule has 0 radical (unpaired) electrons. The van der Waals surface area contributed by atoms with Crippen LogP contribution >= 0.6 is 18.5 Å². The summed E-state index contributed by atoms with van der Waals surface area (Å²) in [6.45, 7) is 3.11. The topological polar surface area (TPSA) is 44.6 Å². The van der Waals surface area contributed by atoms with E-state index in [0.717, 1.165) is 12.4 Å². The van der Waals surface area contributed by atoms with Crippen molar-refractivity contribution in [1.82, 2.24) is 0 Å². The molecule has 0 heterocycles. The van der Waals surface area contributed by atoms with Crippen LogP contribution in [0.5, 0.6) is 0 Å². The molecule has 0 bridgehead atoms. The molecule has 4 aromatic carbocycles. The van der Waals surface area contributed by atoms with Gasteiger partial charge >= 0.3 is 20.4 Å². The SMILES string of the molecule is CC=[N-].CC=[N-].Pc1ccc2ccccc2c1-c1c(P)ccc2ccccc12.[Pd+2]. The molecule has 4 rings (SSSR count). The maximum atomic E-state index is 7.44.